The van der Waals surface area contributed by atoms with Gasteiger partial charge in [-0.15, -0.1) is 0 Å². The van der Waals surface area contributed by atoms with Crippen LogP contribution >= 0.6 is 0 Å². The average molecular weight is 271 g/mol. The molecule has 0 saturated carbocycles. The molecule has 0 fully saturated rings. The molecule has 1 aliphatic carbocycles. The van der Waals surface area contributed by atoms with Crippen LogP contribution in [0.3, 0.4) is 0 Å². The minimum Gasteiger partial charge on any atom is -0.481 e. The molecule has 1 aromatic carbocycles. The van der Waals surface area contributed by atoms with Crippen molar-refractivity contribution in [1.82, 2.24) is 5.16 Å². The first-order chi connectivity index (χ1) is 9.65. The van der Waals surface area contributed by atoms with Gasteiger partial charge < -0.3 is 9.63 Å². The number of carboxylic acid groups (broad SMARTS) is 1. The molecule has 0 unspecified atom stereocenters. The van der Waals surface area contributed by atoms with Gasteiger partial charge in [0.15, 0.2) is 5.76 Å². The number of benzene rings is 1. The fourth-order valence-electron chi connectivity index (χ4n) is 2.85. The van der Waals surface area contributed by atoms with E-state index in [1.54, 1.807) is 0 Å². The molecule has 4 nitrogen and oxygen atoms in total. The third-order valence-corrected chi connectivity index (χ3v) is 3.93. The van der Waals surface area contributed by atoms with E-state index in [0.29, 0.717) is 6.42 Å². The van der Waals surface area contributed by atoms with Gasteiger partial charge in [-0.05, 0) is 49.8 Å². The van der Waals surface area contributed by atoms with E-state index >= 15 is 0 Å². The van der Waals surface area contributed by atoms with Crippen molar-refractivity contribution in [2.24, 2.45) is 0 Å². The third-order valence-electron chi connectivity index (χ3n) is 3.93. The topological polar surface area (TPSA) is 63.3 Å². The first kappa shape index (κ1) is 12.9. The molecule has 1 heterocycles. The summed E-state index contributed by atoms with van der Waals surface area (Å²) >= 11 is 0. The van der Waals surface area contributed by atoms with E-state index in [2.05, 4.69) is 17.3 Å². The van der Waals surface area contributed by atoms with Crippen molar-refractivity contribution in [3.05, 3.63) is 40.6 Å². The van der Waals surface area contributed by atoms with Crippen LogP contribution in [-0.4, -0.2) is 16.2 Å². The van der Waals surface area contributed by atoms with Gasteiger partial charge in [0.05, 0.1) is 5.69 Å². The molecule has 3 rings (SSSR count). The standard InChI is InChI=1S/C16H17NO3/c1-10-14(7-8-15(18)19)16(20-17-10)13-6-5-11-3-2-4-12(11)9-13/h5-6,9H,2-4,7-8H2,1H3,(H,18,19). The smallest absolute Gasteiger partial charge is 0.303 e. The maximum Gasteiger partial charge on any atom is 0.303 e. The molecule has 20 heavy (non-hydrogen) atoms. The van der Waals surface area contributed by atoms with Gasteiger partial charge in [0.2, 0.25) is 0 Å². The van der Waals surface area contributed by atoms with E-state index in [1.165, 1.54) is 17.5 Å². The van der Waals surface area contributed by atoms with E-state index in [1.807, 2.05) is 13.0 Å². The van der Waals surface area contributed by atoms with Crippen molar-refractivity contribution >= 4 is 5.97 Å². The van der Waals surface area contributed by atoms with Crippen LogP contribution in [0, 0.1) is 6.92 Å². The van der Waals surface area contributed by atoms with Crippen LogP contribution in [0.15, 0.2) is 22.7 Å². The Labute approximate surface area is 117 Å². The lowest BCUT2D eigenvalue weighted by Crippen LogP contribution is -1.99. The highest BCUT2D eigenvalue weighted by atomic mass is 16.5. The molecule has 1 aromatic heterocycles. The average Bonchev–Trinajstić information content (AvgIpc) is 3.01. The summed E-state index contributed by atoms with van der Waals surface area (Å²) < 4.78 is 5.43. The van der Waals surface area contributed by atoms with Crippen LogP contribution in [0.25, 0.3) is 11.3 Å². The minimum atomic E-state index is -0.800. The summed E-state index contributed by atoms with van der Waals surface area (Å²) in [5.74, 6) is -0.0797. The summed E-state index contributed by atoms with van der Waals surface area (Å²) in [5, 5.41) is 12.8. The maximum absolute atomic E-state index is 10.8. The Bertz CT molecular complexity index is 658. The highest BCUT2D eigenvalue weighted by Gasteiger charge is 2.18. The normalized spacial score (nSPS) is 13.4. The summed E-state index contributed by atoms with van der Waals surface area (Å²) in [6.45, 7) is 1.86. The van der Waals surface area contributed by atoms with E-state index in [4.69, 9.17) is 9.63 Å². The first-order valence-corrected chi connectivity index (χ1v) is 6.94. The second-order valence-corrected chi connectivity index (χ2v) is 5.31. The quantitative estimate of drug-likeness (QED) is 0.927. The summed E-state index contributed by atoms with van der Waals surface area (Å²) in [4.78, 5) is 10.8. The highest BCUT2D eigenvalue weighted by Crippen LogP contribution is 2.31. The number of rotatable bonds is 4. The molecule has 0 saturated heterocycles. The van der Waals surface area contributed by atoms with Crippen LogP contribution in [-0.2, 0) is 24.1 Å². The van der Waals surface area contributed by atoms with Crippen molar-refractivity contribution in [2.75, 3.05) is 0 Å². The SMILES string of the molecule is Cc1noc(-c2ccc3c(c2)CCC3)c1CCC(=O)O. The van der Waals surface area contributed by atoms with Gasteiger partial charge in [-0.3, -0.25) is 4.79 Å². The lowest BCUT2D eigenvalue weighted by Gasteiger charge is -2.04. The summed E-state index contributed by atoms with van der Waals surface area (Å²) in [5.41, 5.74) is 5.48. The molecule has 0 bridgehead atoms. The van der Waals surface area contributed by atoms with Gasteiger partial charge in [0.1, 0.15) is 0 Å². The van der Waals surface area contributed by atoms with Crippen molar-refractivity contribution in [1.29, 1.82) is 0 Å². The van der Waals surface area contributed by atoms with E-state index in [9.17, 15) is 4.79 Å². The van der Waals surface area contributed by atoms with Crippen LogP contribution < -0.4 is 0 Å². The van der Waals surface area contributed by atoms with Crippen molar-refractivity contribution in [3.63, 3.8) is 0 Å². The molecule has 0 atom stereocenters. The molecule has 0 amide bonds. The molecular weight excluding hydrogens is 254 g/mol. The van der Waals surface area contributed by atoms with Crippen molar-refractivity contribution in [2.45, 2.75) is 39.0 Å². The van der Waals surface area contributed by atoms with E-state index < -0.39 is 5.97 Å². The molecule has 0 aliphatic heterocycles. The Morgan fingerprint density at radius 2 is 2.15 bits per heavy atom. The zero-order valence-corrected chi connectivity index (χ0v) is 11.5. The molecular formula is C16H17NO3. The Hall–Kier alpha value is -2.10. The largest absolute Gasteiger partial charge is 0.481 e. The molecule has 1 N–H and O–H groups in total. The first-order valence-electron chi connectivity index (χ1n) is 6.94. The molecule has 0 radical (unpaired) electrons. The fourth-order valence-corrected chi connectivity index (χ4v) is 2.85. The van der Waals surface area contributed by atoms with Gasteiger partial charge in [-0.25, -0.2) is 0 Å². The van der Waals surface area contributed by atoms with Gasteiger partial charge in [-0.1, -0.05) is 17.3 Å². The van der Waals surface area contributed by atoms with Crippen LogP contribution in [0.4, 0.5) is 0 Å². The summed E-state index contributed by atoms with van der Waals surface area (Å²) in [7, 11) is 0. The Balaban J connectivity index is 1.95. The predicted octanol–water partition coefficient (Wildman–Crippen LogP) is 3.16. The van der Waals surface area contributed by atoms with E-state index in [0.717, 1.165) is 35.4 Å². The van der Waals surface area contributed by atoms with Crippen LogP contribution in [0.1, 0.15) is 35.2 Å². The predicted molar refractivity (Wildman–Crippen MR) is 74.7 cm³/mol. The maximum atomic E-state index is 10.8. The number of nitrogens with zero attached hydrogens (tertiary/aromatic N) is 1. The zero-order chi connectivity index (χ0) is 14.1. The van der Waals surface area contributed by atoms with Crippen molar-refractivity contribution < 1.29 is 14.4 Å². The fraction of sp³-hybridized carbons (Fsp3) is 0.375. The van der Waals surface area contributed by atoms with Gasteiger partial charge in [0, 0.05) is 17.5 Å². The molecule has 0 spiro atoms. The van der Waals surface area contributed by atoms with Gasteiger partial charge >= 0.3 is 5.97 Å². The Morgan fingerprint density at radius 3 is 2.95 bits per heavy atom. The number of carboxylic acids is 1. The summed E-state index contributed by atoms with van der Waals surface area (Å²) in [6.07, 6.45) is 4.02. The lowest BCUT2D eigenvalue weighted by atomic mass is 9.99. The summed E-state index contributed by atoms with van der Waals surface area (Å²) in [6, 6.07) is 6.36. The lowest BCUT2D eigenvalue weighted by molar-refractivity contribution is -0.136. The monoisotopic (exact) mass is 271 g/mol. The number of aryl methyl sites for hydroxylation is 3. The Morgan fingerprint density at radius 1 is 1.35 bits per heavy atom. The number of hydrogen-bond donors (Lipinski definition) is 1. The number of aromatic nitrogens is 1. The number of fused-ring (bicyclic) bond motifs is 1. The minimum absolute atomic E-state index is 0.0972. The number of aliphatic carboxylic acids is 1. The highest BCUT2D eigenvalue weighted by molar-refractivity contribution is 5.69. The number of hydrogen-bond acceptors (Lipinski definition) is 3. The van der Waals surface area contributed by atoms with Gasteiger partial charge in [-0.2, -0.15) is 0 Å². The second kappa shape index (κ2) is 5.12. The zero-order valence-electron chi connectivity index (χ0n) is 11.5. The van der Waals surface area contributed by atoms with Crippen LogP contribution in [0.5, 0.6) is 0 Å². The molecule has 2 aromatic rings. The second-order valence-electron chi connectivity index (χ2n) is 5.31. The Kier molecular flexibility index (Phi) is 3.30. The van der Waals surface area contributed by atoms with E-state index in [-0.39, 0.29) is 6.42 Å². The van der Waals surface area contributed by atoms with Crippen LogP contribution in [0.2, 0.25) is 0 Å². The van der Waals surface area contributed by atoms with Gasteiger partial charge in [0.25, 0.3) is 0 Å². The number of carbonyl (C=O) groups is 1. The molecule has 1 aliphatic rings. The molecule has 4 heteroatoms. The third kappa shape index (κ3) is 2.33. The van der Waals surface area contributed by atoms with Crippen molar-refractivity contribution in [3.8, 4) is 11.3 Å². The molecule has 104 valence electrons.